The molecule has 1 heterocycles. The van der Waals surface area contributed by atoms with Crippen molar-refractivity contribution >= 4 is 55.5 Å². The third kappa shape index (κ3) is 5.38. The van der Waals surface area contributed by atoms with Crippen LogP contribution in [0.15, 0.2) is 194 Å². The molecule has 262 valence electrons. The SMILES string of the molecule is C1=CCC=c2c(-c3ccc4ccccc4c3)c3ccc(-c4ccc(-c5nc6ccccc6n5-c5ccccc5)cc4)cc3c(-c3ccc4ccccc4c3)c2=C1. The minimum Gasteiger partial charge on any atom is -0.292 e. The zero-order chi connectivity index (χ0) is 37.0. The Morgan fingerprint density at radius 1 is 0.429 bits per heavy atom. The van der Waals surface area contributed by atoms with Crippen LogP contribution in [0.5, 0.6) is 0 Å². The van der Waals surface area contributed by atoms with E-state index in [1.165, 1.54) is 76.1 Å². The van der Waals surface area contributed by atoms with Crippen LogP contribution in [0.1, 0.15) is 6.42 Å². The van der Waals surface area contributed by atoms with Crippen molar-refractivity contribution < 1.29 is 0 Å². The van der Waals surface area contributed by atoms with Gasteiger partial charge in [-0.1, -0.05) is 164 Å². The van der Waals surface area contributed by atoms with E-state index in [2.05, 4.69) is 211 Å². The van der Waals surface area contributed by atoms with E-state index >= 15 is 0 Å². The lowest BCUT2D eigenvalue weighted by Crippen LogP contribution is -2.29. The van der Waals surface area contributed by atoms with Gasteiger partial charge in [0.25, 0.3) is 0 Å². The van der Waals surface area contributed by atoms with E-state index in [1.807, 2.05) is 0 Å². The lowest BCUT2D eigenvalue weighted by molar-refractivity contribution is 1.10. The summed E-state index contributed by atoms with van der Waals surface area (Å²) in [6.45, 7) is 0. The lowest BCUT2D eigenvalue weighted by Gasteiger charge is -2.18. The first-order chi connectivity index (χ1) is 27.8. The van der Waals surface area contributed by atoms with Crippen molar-refractivity contribution in [3.05, 3.63) is 205 Å². The van der Waals surface area contributed by atoms with Crippen molar-refractivity contribution in [3.63, 3.8) is 0 Å². The van der Waals surface area contributed by atoms with Crippen LogP contribution in [0.3, 0.4) is 0 Å². The largest absolute Gasteiger partial charge is 0.292 e. The van der Waals surface area contributed by atoms with E-state index in [0.717, 1.165) is 34.5 Å². The fourth-order valence-electron chi connectivity index (χ4n) is 8.70. The third-order valence-electron chi connectivity index (χ3n) is 11.4. The summed E-state index contributed by atoms with van der Waals surface area (Å²) in [5, 5.41) is 10.0. The number of hydrogen-bond acceptors (Lipinski definition) is 1. The maximum atomic E-state index is 5.13. The maximum absolute atomic E-state index is 5.13. The van der Waals surface area contributed by atoms with Crippen LogP contribution in [0, 0.1) is 0 Å². The molecule has 11 rings (SSSR count). The molecule has 0 aliphatic heterocycles. The molecule has 1 aliphatic rings. The van der Waals surface area contributed by atoms with Gasteiger partial charge < -0.3 is 0 Å². The van der Waals surface area contributed by atoms with Gasteiger partial charge in [-0.15, -0.1) is 0 Å². The summed E-state index contributed by atoms with van der Waals surface area (Å²) >= 11 is 0. The van der Waals surface area contributed by atoms with Crippen molar-refractivity contribution in [2.45, 2.75) is 6.42 Å². The van der Waals surface area contributed by atoms with Gasteiger partial charge >= 0.3 is 0 Å². The Hall–Kier alpha value is -7.29. The number of rotatable bonds is 5. The Morgan fingerprint density at radius 3 is 1.75 bits per heavy atom. The quantitative estimate of drug-likeness (QED) is 0.174. The molecule has 0 unspecified atom stereocenters. The summed E-state index contributed by atoms with van der Waals surface area (Å²) in [6.07, 6.45) is 10.1. The Balaban J connectivity index is 1.14. The molecule has 10 aromatic rings. The number of nitrogens with zero attached hydrogens (tertiary/aromatic N) is 2. The number of benzene rings is 9. The zero-order valence-electron chi connectivity index (χ0n) is 30.7. The average molecular weight is 713 g/mol. The molecule has 0 spiro atoms. The van der Waals surface area contributed by atoms with Gasteiger partial charge in [-0.25, -0.2) is 4.98 Å². The number of allylic oxidation sites excluding steroid dienone is 2. The van der Waals surface area contributed by atoms with Crippen LogP contribution in [-0.4, -0.2) is 9.55 Å². The van der Waals surface area contributed by atoms with Gasteiger partial charge in [-0.2, -0.15) is 0 Å². The molecule has 9 aromatic carbocycles. The summed E-state index contributed by atoms with van der Waals surface area (Å²) in [7, 11) is 0. The van der Waals surface area contributed by atoms with E-state index in [0.29, 0.717) is 0 Å². The summed E-state index contributed by atoms with van der Waals surface area (Å²) in [6, 6.07) is 66.1. The van der Waals surface area contributed by atoms with Crippen molar-refractivity contribution in [1.82, 2.24) is 9.55 Å². The minimum atomic E-state index is 0.884. The van der Waals surface area contributed by atoms with Crippen LogP contribution in [0.2, 0.25) is 0 Å². The number of imidazole rings is 1. The van der Waals surface area contributed by atoms with Gasteiger partial charge in [0.05, 0.1) is 11.0 Å². The van der Waals surface area contributed by atoms with E-state index in [1.54, 1.807) is 0 Å². The topological polar surface area (TPSA) is 17.8 Å². The second kappa shape index (κ2) is 13.2. The van der Waals surface area contributed by atoms with Gasteiger partial charge in [0, 0.05) is 11.3 Å². The van der Waals surface area contributed by atoms with Crippen LogP contribution >= 0.6 is 0 Å². The highest BCUT2D eigenvalue weighted by atomic mass is 15.1. The highest BCUT2D eigenvalue weighted by Gasteiger charge is 2.18. The predicted molar refractivity (Wildman–Crippen MR) is 237 cm³/mol. The second-order valence-electron chi connectivity index (χ2n) is 14.7. The minimum absolute atomic E-state index is 0.884. The molecule has 1 aliphatic carbocycles. The Labute approximate surface area is 325 Å². The van der Waals surface area contributed by atoms with Gasteiger partial charge in [-0.05, 0) is 125 Å². The predicted octanol–water partition coefficient (Wildman–Crippen LogP) is 12.7. The molecule has 0 bridgehead atoms. The molecular weight excluding hydrogens is 677 g/mol. The van der Waals surface area contributed by atoms with Gasteiger partial charge in [0.2, 0.25) is 0 Å². The molecule has 0 fully saturated rings. The van der Waals surface area contributed by atoms with Crippen LogP contribution in [0.4, 0.5) is 0 Å². The van der Waals surface area contributed by atoms with Crippen molar-refractivity contribution in [1.29, 1.82) is 0 Å². The fraction of sp³-hybridized carbons (Fsp3) is 0.0185. The first-order valence-corrected chi connectivity index (χ1v) is 19.4. The van der Waals surface area contributed by atoms with Gasteiger partial charge in [0.1, 0.15) is 5.82 Å². The summed E-state index contributed by atoms with van der Waals surface area (Å²) < 4.78 is 2.26. The molecule has 0 radical (unpaired) electrons. The monoisotopic (exact) mass is 712 g/mol. The van der Waals surface area contributed by atoms with E-state index in [-0.39, 0.29) is 0 Å². The van der Waals surface area contributed by atoms with E-state index in [4.69, 9.17) is 4.98 Å². The fourth-order valence-corrected chi connectivity index (χ4v) is 8.70. The highest BCUT2D eigenvalue weighted by Crippen LogP contribution is 2.37. The Morgan fingerprint density at radius 2 is 1.02 bits per heavy atom. The van der Waals surface area contributed by atoms with E-state index in [9.17, 15) is 0 Å². The third-order valence-corrected chi connectivity index (χ3v) is 11.4. The number of aromatic nitrogens is 2. The lowest BCUT2D eigenvalue weighted by atomic mass is 9.85. The Kier molecular flexibility index (Phi) is 7.60. The molecule has 0 saturated heterocycles. The summed E-state index contributed by atoms with van der Waals surface area (Å²) in [4.78, 5) is 5.13. The average Bonchev–Trinajstić information content (AvgIpc) is 3.49. The molecule has 2 nitrogen and oxygen atoms in total. The molecule has 56 heavy (non-hydrogen) atoms. The molecule has 2 heteroatoms. The van der Waals surface area contributed by atoms with E-state index < -0.39 is 0 Å². The highest BCUT2D eigenvalue weighted by molar-refractivity contribution is 6.09. The molecular formula is C54H36N2. The summed E-state index contributed by atoms with van der Waals surface area (Å²) in [5.41, 5.74) is 11.6. The molecule has 0 amide bonds. The van der Waals surface area contributed by atoms with Crippen molar-refractivity contribution in [3.8, 4) is 50.5 Å². The van der Waals surface area contributed by atoms with Crippen LogP contribution < -0.4 is 10.4 Å². The molecule has 0 saturated carbocycles. The van der Waals surface area contributed by atoms with Gasteiger partial charge in [-0.3, -0.25) is 4.57 Å². The van der Waals surface area contributed by atoms with Crippen LogP contribution in [0.25, 0.3) is 106 Å². The second-order valence-corrected chi connectivity index (χ2v) is 14.7. The first-order valence-electron chi connectivity index (χ1n) is 19.4. The molecule has 1 aromatic heterocycles. The normalized spacial score (nSPS) is 12.4. The zero-order valence-corrected chi connectivity index (χ0v) is 30.7. The first kappa shape index (κ1) is 32.2. The number of fused-ring (bicyclic) bond motifs is 5. The standard InChI is InChI=1S/C54H36N2/c1-3-17-45(18-4-1)56-51-22-12-11-21-50(51)55-54(56)39-27-23-38(24-28-39)42-31-32-48-49(35-42)53(44-30-26-37-14-8-10-16-41(37)34-44)47-20-6-2-5-19-46(47)52(48)43-29-25-36-13-7-9-15-40(36)33-43/h1-4,6-35H,5H2. The van der Waals surface area contributed by atoms with Crippen molar-refractivity contribution in [2.24, 2.45) is 0 Å². The van der Waals surface area contributed by atoms with Crippen LogP contribution in [-0.2, 0) is 0 Å². The van der Waals surface area contributed by atoms with Crippen molar-refractivity contribution in [2.75, 3.05) is 0 Å². The van der Waals surface area contributed by atoms with Gasteiger partial charge in [0.15, 0.2) is 0 Å². The Bertz CT molecular complexity index is 3310. The molecule has 0 N–H and O–H groups in total. The molecule has 0 atom stereocenters. The smallest absolute Gasteiger partial charge is 0.145 e. The number of hydrogen-bond donors (Lipinski definition) is 0. The maximum Gasteiger partial charge on any atom is 0.145 e. The number of para-hydroxylation sites is 3. The summed E-state index contributed by atoms with van der Waals surface area (Å²) in [5.74, 6) is 0.934.